The number of nitrogens with zero attached hydrogens (tertiary/aromatic N) is 3. The summed E-state index contributed by atoms with van der Waals surface area (Å²) in [6.45, 7) is 4.84. The van der Waals surface area contributed by atoms with Gasteiger partial charge in [0.15, 0.2) is 0 Å². The summed E-state index contributed by atoms with van der Waals surface area (Å²) in [5.74, 6) is -0.0772. The van der Waals surface area contributed by atoms with Crippen LogP contribution in [0.1, 0.15) is 12.0 Å². The first-order chi connectivity index (χ1) is 13.1. The number of carbonyl (C=O) groups is 1. The van der Waals surface area contributed by atoms with E-state index in [4.69, 9.17) is 5.26 Å². The lowest BCUT2D eigenvalue weighted by molar-refractivity contribution is -0.115. The average molecular weight is 363 g/mol. The minimum atomic E-state index is -0.0772. The van der Waals surface area contributed by atoms with Gasteiger partial charge < -0.3 is 20.4 Å². The number of carbonyl (C=O) groups excluding carboxylic acids is 1. The summed E-state index contributed by atoms with van der Waals surface area (Å²) in [5, 5.41) is 15.0. The van der Waals surface area contributed by atoms with Crippen LogP contribution in [0.5, 0.6) is 0 Å². The molecule has 1 aliphatic heterocycles. The Bertz CT molecular complexity index is 804. The molecule has 0 radical (unpaired) electrons. The highest BCUT2D eigenvalue weighted by molar-refractivity contribution is 5.91. The van der Waals surface area contributed by atoms with E-state index >= 15 is 0 Å². The van der Waals surface area contributed by atoms with Crippen molar-refractivity contribution in [2.24, 2.45) is 0 Å². The molecule has 0 unspecified atom stereocenters. The predicted molar refractivity (Wildman–Crippen MR) is 109 cm³/mol. The van der Waals surface area contributed by atoms with Gasteiger partial charge in [-0.05, 0) is 49.5 Å². The molecule has 0 bridgehead atoms. The molecule has 6 heteroatoms. The molecule has 1 fully saturated rings. The van der Waals surface area contributed by atoms with Crippen LogP contribution in [-0.4, -0.2) is 50.6 Å². The summed E-state index contributed by atoms with van der Waals surface area (Å²) in [6, 6.07) is 17.4. The molecule has 2 aromatic carbocycles. The van der Waals surface area contributed by atoms with E-state index in [2.05, 4.69) is 57.8 Å². The third-order valence-corrected chi connectivity index (χ3v) is 4.69. The van der Waals surface area contributed by atoms with Gasteiger partial charge in [0, 0.05) is 56.2 Å². The lowest BCUT2D eigenvalue weighted by Crippen LogP contribution is -2.44. The Hall–Kier alpha value is -3.04. The summed E-state index contributed by atoms with van der Waals surface area (Å²) < 4.78 is 0. The second kappa shape index (κ2) is 9.06. The summed E-state index contributed by atoms with van der Waals surface area (Å²) in [7, 11) is 2.15. The topological polar surface area (TPSA) is 71.4 Å². The fraction of sp³-hybridized carbons (Fsp3) is 0.333. The van der Waals surface area contributed by atoms with E-state index in [1.54, 1.807) is 24.3 Å². The minimum Gasteiger partial charge on any atom is -0.385 e. The Kier molecular flexibility index (Phi) is 6.29. The number of rotatable bonds is 6. The quantitative estimate of drug-likeness (QED) is 0.826. The molecule has 1 heterocycles. The molecule has 0 spiro atoms. The van der Waals surface area contributed by atoms with Gasteiger partial charge >= 0.3 is 0 Å². The number of nitrogens with one attached hydrogen (secondary N) is 2. The predicted octanol–water partition coefficient (Wildman–Crippen LogP) is 2.75. The van der Waals surface area contributed by atoms with Gasteiger partial charge in [-0.1, -0.05) is 6.07 Å². The first-order valence-corrected chi connectivity index (χ1v) is 9.21. The van der Waals surface area contributed by atoms with Crippen LogP contribution in [-0.2, 0) is 4.79 Å². The van der Waals surface area contributed by atoms with Gasteiger partial charge in [0.25, 0.3) is 0 Å². The zero-order valence-electron chi connectivity index (χ0n) is 15.6. The van der Waals surface area contributed by atoms with E-state index < -0.39 is 0 Å². The number of hydrogen-bond acceptors (Lipinski definition) is 5. The number of anilines is 3. The van der Waals surface area contributed by atoms with Gasteiger partial charge in [-0.2, -0.15) is 5.26 Å². The number of piperazine rings is 1. The largest absolute Gasteiger partial charge is 0.385 e. The van der Waals surface area contributed by atoms with Crippen LogP contribution < -0.4 is 15.5 Å². The molecule has 0 atom stereocenters. The molecule has 2 N–H and O–H groups in total. The molecule has 1 amide bonds. The van der Waals surface area contributed by atoms with E-state index in [9.17, 15) is 4.79 Å². The van der Waals surface area contributed by atoms with Crippen LogP contribution in [0.15, 0.2) is 48.5 Å². The SMILES string of the molecule is CN1CCN(c2ccc(NCCC(=O)Nc3cccc(C#N)c3)cc2)CC1. The summed E-state index contributed by atoms with van der Waals surface area (Å²) in [6.07, 6.45) is 0.358. The molecule has 1 aliphatic rings. The lowest BCUT2D eigenvalue weighted by atomic mass is 10.2. The third kappa shape index (κ3) is 5.47. The highest BCUT2D eigenvalue weighted by Gasteiger charge is 2.13. The average Bonchev–Trinajstić information content (AvgIpc) is 2.69. The monoisotopic (exact) mass is 363 g/mol. The minimum absolute atomic E-state index is 0.0772. The highest BCUT2D eigenvalue weighted by atomic mass is 16.1. The number of likely N-dealkylation sites (N-methyl/N-ethyl adjacent to an activating group) is 1. The summed E-state index contributed by atoms with van der Waals surface area (Å²) in [5.41, 5.74) is 3.43. The van der Waals surface area contributed by atoms with Crippen LogP contribution >= 0.6 is 0 Å². The first-order valence-electron chi connectivity index (χ1n) is 9.21. The Morgan fingerprint density at radius 1 is 1.07 bits per heavy atom. The fourth-order valence-electron chi connectivity index (χ4n) is 3.07. The number of amides is 1. The second-order valence-electron chi connectivity index (χ2n) is 6.75. The van der Waals surface area contributed by atoms with Gasteiger partial charge in [-0.15, -0.1) is 0 Å². The summed E-state index contributed by atoms with van der Waals surface area (Å²) >= 11 is 0. The van der Waals surface area contributed by atoms with E-state index in [1.165, 1.54) is 5.69 Å². The smallest absolute Gasteiger partial charge is 0.226 e. The maximum absolute atomic E-state index is 12.0. The number of hydrogen-bond donors (Lipinski definition) is 2. The molecule has 0 saturated carbocycles. The zero-order chi connectivity index (χ0) is 19.1. The summed E-state index contributed by atoms with van der Waals surface area (Å²) in [4.78, 5) is 16.8. The molecule has 0 aliphatic carbocycles. The van der Waals surface area contributed by atoms with E-state index in [-0.39, 0.29) is 5.91 Å². The van der Waals surface area contributed by atoms with Gasteiger partial charge in [-0.25, -0.2) is 0 Å². The van der Waals surface area contributed by atoms with Crippen molar-refractivity contribution >= 4 is 23.0 Å². The highest BCUT2D eigenvalue weighted by Crippen LogP contribution is 2.19. The molecule has 3 rings (SSSR count). The number of nitriles is 1. The lowest BCUT2D eigenvalue weighted by Gasteiger charge is -2.34. The molecule has 27 heavy (non-hydrogen) atoms. The van der Waals surface area contributed by atoms with Crippen molar-refractivity contribution in [2.75, 3.05) is 55.3 Å². The number of benzene rings is 2. The van der Waals surface area contributed by atoms with Gasteiger partial charge in [0.2, 0.25) is 5.91 Å². The van der Waals surface area contributed by atoms with Crippen molar-refractivity contribution < 1.29 is 4.79 Å². The van der Waals surface area contributed by atoms with E-state index in [0.29, 0.717) is 24.2 Å². The van der Waals surface area contributed by atoms with E-state index in [0.717, 1.165) is 31.9 Å². The Morgan fingerprint density at radius 2 is 1.81 bits per heavy atom. The second-order valence-corrected chi connectivity index (χ2v) is 6.75. The van der Waals surface area contributed by atoms with Crippen LogP contribution in [0.2, 0.25) is 0 Å². The van der Waals surface area contributed by atoms with Crippen molar-refractivity contribution in [2.45, 2.75) is 6.42 Å². The van der Waals surface area contributed by atoms with Gasteiger partial charge in [0.1, 0.15) is 0 Å². The van der Waals surface area contributed by atoms with Crippen LogP contribution in [0, 0.1) is 11.3 Å². The molecular formula is C21H25N5O. The van der Waals surface area contributed by atoms with Gasteiger partial charge in [0.05, 0.1) is 11.6 Å². The maximum Gasteiger partial charge on any atom is 0.226 e. The maximum atomic E-state index is 12.0. The standard InChI is InChI=1S/C21H25N5O/c1-25-11-13-26(14-12-25)20-7-5-18(6-8-20)23-10-9-21(27)24-19-4-2-3-17(15-19)16-22/h2-8,15,23H,9-14H2,1H3,(H,24,27). The van der Waals surface area contributed by atoms with Crippen molar-refractivity contribution in [3.05, 3.63) is 54.1 Å². The van der Waals surface area contributed by atoms with Crippen molar-refractivity contribution in [1.82, 2.24) is 4.90 Å². The molecule has 6 nitrogen and oxygen atoms in total. The van der Waals surface area contributed by atoms with Crippen LogP contribution in [0.3, 0.4) is 0 Å². The Morgan fingerprint density at radius 3 is 2.52 bits per heavy atom. The normalized spacial score (nSPS) is 14.4. The van der Waals surface area contributed by atoms with E-state index in [1.807, 2.05) is 0 Å². The molecule has 0 aromatic heterocycles. The van der Waals surface area contributed by atoms with Crippen molar-refractivity contribution in [3.8, 4) is 6.07 Å². The van der Waals surface area contributed by atoms with Crippen molar-refractivity contribution in [3.63, 3.8) is 0 Å². The van der Waals surface area contributed by atoms with Crippen LogP contribution in [0.25, 0.3) is 0 Å². The van der Waals surface area contributed by atoms with Crippen LogP contribution in [0.4, 0.5) is 17.1 Å². The molecule has 140 valence electrons. The Balaban J connectivity index is 1.43. The zero-order valence-corrected chi connectivity index (χ0v) is 15.6. The fourth-order valence-corrected chi connectivity index (χ4v) is 3.07. The van der Waals surface area contributed by atoms with Crippen molar-refractivity contribution in [1.29, 1.82) is 5.26 Å². The third-order valence-electron chi connectivity index (χ3n) is 4.69. The molecule has 2 aromatic rings. The molecular weight excluding hydrogens is 338 g/mol. The van der Waals surface area contributed by atoms with Gasteiger partial charge in [-0.3, -0.25) is 4.79 Å². The Labute approximate surface area is 160 Å². The molecule has 1 saturated heterocycles. The first kappa shape index (κ1) is 18.7.